The fourth-order valence-electron chi connectivity index (χ4n) is 4.85. The summed E-state index contributed by atoms with van der Waals surface area (Å²) in [5.41, 5.74) is 1.34. The molecule has 0 saturated heterocycles. The Morgan fingerprint density at radius 2 is 1.76 bits per heavy atom. The first-order valence-corrected chi connectivity index (χ1v) is 9.51. The van der Waals surface area contributed by atoms with Gasteiger partial charge < -0.3 is 4.74 Å². The predicted molar refractivity (Wildman–Crippen MR) is 96.4 cm³/mol. The van der Waals surface area contributed by atoms with Crippen LogP contribution >= 0.6 is 0 Å². The van der Waals surface area contributed by atoms with Crippen LogP contribution in [0.5, 0.6) is 0 Å². The zero-order chi connectivity index (χ0) is 17.6. The van der Waals surface area contributed by atoms with Crippen LogP contribution in [-0.2, 0) is 9.53 Å². The Morgan fingerprint density at radius 1 is 1.08 bits per heavy atom. The molecule has 1 aromatic carbocycles. The van der Waals surface area contributed by atoms with Gasteiger partial charge in [-0.05, 0) is 62.6 Å². The van der Waals surface area contributed by atoms with Crippen molar-refractivity contribution >= 4 is 11.8 Å². The summed E-state index contributed by atoms with van der Waals surface area (Å²) in [5.74, 6) is 0.972. The van der Waals surface area contributed by atoms with Gasteiger partial charge in [0, 0.05) is 11.8 Å². The lowest BCUT2D eigenvalue weighted by Gasteiger charge is -2.31. The highest BCUT2D eigenvalue weighted by Gasteiger charge is 2.44. The Kier molecular flexibility index (Phi) is 4.05. The van der Waals surface area contributed by atoms with Crippen molar-refractivity contribution in [3.8, 4) is 0 Å². The van der Waals surface area contributed by atoms with E-state index in [-0.39, 0.29) is 23.7 Å². The van der Waals surface area contributed by atoms with Crippen LogP contribution in [0.15, 0.2) is 36.4 Å². The summed E-state index contributed by atoms with van der Waals surface area (Å²) in [6.45, 7) is 4.06. The number of ether oxygens (including phenoxy) is 1. The quantitative estimate of drug-likeness (QED) is 0.592. The normalized spacial score (nSPS) is 28.7. The minimum absolute atomic E-state index is 0.0316. The highest BCUT2D eigenvalue weighted by molar-refractivity contribution is 5.93. The van der Waals surface area contributed by atoms with Crippen LogP contribution in [0.4, 0.5) is 0 Å². The maximum Gasteiger partial charge on any atom is 0.338 e. The lowest BCUT2D eigenvalue weighted by atomic mass is 9.86. The number of hydrogen-bond acceptors (Lipinski definition) is 3. The van der Waals surface area contributed by atoms with Gasteiger partial charge in [-0.1, -0.05) is 37.1 Å². The zero-order valence-corrected chi connectivity index (χ0v) is 15.0. The molecule has 3 heteroatoms. The van der Waals surface area contributed by atoms with E-state index in [1.54, 1.807) is 0 Å². The van der Waals surface area contributed by atoms with E-state index < -0.39 is 5.60 Å². The van der Waals surface area contributed by atoms with Crippen molar-refractivity contribution in [3.63, 3.8) is 0 Å². The van der Waals surface area contributed by atoms with Gasteiger partial charge in [-0.2, -0.15) is 0 Å². The molecule has 2 saturated carbocycles. The minimum Gasteiger partial charge on any atom is -0.456 e. The van der Waals surface area contributed by atoms with E-state index in [9.17, 15) is 9.59 Å². The Balaban J connectivity index is 1.44. The number of Topliss-reactive ketones (excluding diaryl/α,β-unsaturated/α-hetero) is 1. The van der Waals surface area contributed by atoms with Crippen LogP contribution in [0, 0.1) is 17.8 Å². The van der Waals surface area contributed by atoms with Crippen molar-refractivity contribution < 1.29 is 14.3 Å². The molecule has 3 aliphatic carbocycles. The molecular formula is C22H26O3. The SMILES string of the molecule is CC(C)(OC(=O)c1ccc(C2CC3C=CC2C3=O)cc1)C1CCCC1. The molecule has 4 rings (SSSR count). The van der Waals surface area contributed by atoms with E-state index in [1.165, 1.54) is 12.8 Å². The van der Waals surface area contributed by atoms with E-state index in [4.69, 9.17) is 4.74 Å². The molecule has 0 spiro atoms. The summed E-state index contributed by atoms with van der Waals surface area (Å²) >= 11 is 0. The first-order valence-electron chi connectivity index (χ1n) is 9.51. The molecule has 3 nitrogen and oxygen atoms in total. The molecule has 3 atom stereocenters. The number of rotatable bonds is 4. The second-order valence-corrected chi connectivity index (χ2v) is 8.36. The lowest BCUT2D eigenvalue weighted by molar-refractivity contribution is -0.120. The Hall–Kier alpha value is -1.90. The van der Waals surface area contributed by atoms with Gasteiger partial charge in [0.25, 0.3) is 0 Å². The topological polar surface area (TPSA) is 43.4 Å². The largest absolute Gasteiger partial charge is 0.456 e. The Morgan fingerprint density at radius 3 is 2.32 bits per heavy atom. The standard InChI is InChI=1S/C22H26O3/c1-22(2,17-5-3-4-6-17)25-21(24)15-9-7-14(8-10-15)19-13-16-11-12-18(19)20(16)23/h7-12,16-19H,3-6,13H2,1-2H3. The average molecular weight is 338 g/mol. The van der Waals surface area contributed by atoms with Crippen LogP contribution in [0.25, 0.3) is 0 Å². The first-order chi connectivity index (χ1) is 12.0. The van der Waals surface area contributed by atoms with Gasteiger partial charge in [0.05, 0.1) is 5.56 Å². The van der Waals surface area contributed by atoms with Crippen LogP contribution < -0.4 is 0 Å². The van der Waals surface area contributed by atoms with Crippen molar-refractivity contribution in [3.05, 3.63) is 47.5 Å². The van der Waals surface area contributed by atoms with Gasteiger partial charge in [-0.3, -0.25) is 4.79 Å². The number of carbonyl (C=O) groups excluding carboxylic acids is 2. The summed E-state index contributed by atoms with van der Waals surface area (Å²) in [6, 6.07) is 7.68. The second-order valence-electron chi connectivity index (χ2n) is 8.36. The van der Waals surface area contributed by atoms with Crippen molar-refractivity contribution in [2.24, 2.45) is 17.8 Å². The maximum absolute atomic E-state index is 12.5. The van der Waals surface area contributed by atoms with Gasteiger partial charge in [0.1, 0.15) is 11.4 Å². The van der Waals surface area contributed by atoms with Crippen molar-refractivity contribution in [2.45, 2.75) is 57.5 Å². The molecule has 0 N–H and O–H groups in total. The monoisotopic (exact) mass is 338 g/mol. The summed E-state index contributed by atoms with van der Waals surface area (Å²) in [6.07, 6.45) is 9.75. The minimum atomic E-state index is -0.409. The average Bonchev–Trinajstić information content (AvgIpc) is 3.32. The molecule has 0 amide bonds. The zero-order valence-electron chi connectivity index (χ0n) is 15.0. The molecule has 132 valence electrons. The van der Waals surface area contributed by atoms with Crippen LogP contribution in [0.2, 0.25) is 0 Å². The van der Waals surface area contributed by atoms with E-state index in [1.807, 2.05) is 50.3 Å². The maximum atomic E-state index is 12.5. The summed E-state index contributed by atoms with van der Waals surface area (Å²) in [7, 11) is 0. The molecule has 0 heterocycles. The number of hydrogen-bond donors (Lipinski definition) is 0. The van der Waals surface area contributed by atoms with Crippen LogP contribution in [0.1, 0.15) is 67.8 Å². The van der Waals surface area contributed by atoms with Gasteiger partial charge in [0.15, 0.2) is 0 Å². The lowest BCUT2D eigenvalue weighted by Crippen LogP contribution is -2.35. The van der Waals surface area contributed by atoms with E-state index in [0.29, 0.717) is 17.3 Å². The number of esters is 1. The number of ketones is 1. The number of allylic oxidation sites excluding steroid dienone is 2. The van der Waals surface area contributed by atoms with Gasteiger partial charge in [-0.25, -0.2) is 4.79 Å². The van der Waals surface area contributed by atoms with Gasteiger partial charge >= 0.3 is 5.97 Å². The molecule has 3 aliphatic rings. The van der Waals surface area contributed by atoms with Crippen molar-refractivity contribution in [1.82, 2.24) is 0 Å². The van der Waals surface area contributed by atoms with E-state index in [0.717, 1.165) is 24.8 Å². The molecule has 2 bridgehead atoms. The molecule has 2 fully saturated rings. The molecule has 0 aromatic heterocycles. The number of carbonyl (C=O) groups is 2. The highest BCUT2D eigenvalue weighted by atomic mass is 16.6. The highest BCUT2D eigenvalue weighted by Crippen LogP contribution is 2.46. The third kappa shape index (κ3) is 2.94. The second kappa shape index (κ2) is 6.12. The number of fused-ring (bicyclic) bond motifs is 2. The fourth-order valence-corrected chi connectivity index (χ4v) is 4.85. The molecule has 3 unspecified atom stereocenters. The van der Waals surface area contributed by atoms with E-state index >= 15 is 0 Å². The van der Waals surface area contributed by atoms with Crippen LogP contribution in [-0.4, -0.2) is 17.4 Å². The molecule has 1 aromatic rings. The molecule has 25 heavy (non-hydrogen) atoms. The smallest absolute Gasteiger partial charge is 0.338 e. The van der Waals surface area contributed by atoms with Crippen molar-refractivity contribution in [2.75, 3.05) is 0 Å². The summed E-state index contributed by atoms with van der Waals surface area (Å²) in [5, 5.41) is 0. The van der Waals surface area contributed by atoms with Crippen molar-refractivity contribution in [1.29, 1.82) is 0 Å². The first kappa shape index (κ1) is 16.6. The molecule has 0 radical (unpaired) electrons. The predicted octanol–water partition coefficient (Wildman–Crippen LogP) is 4.67. The van der Waals surface area contributed by atoms with Gasteiger partial charge in [-0.15, -0.1) is 0 Å². The summed E-state index contributed by atoms with van der Waals surface area (Å²) < 4.78 is 5.84. The third-order valence-corrected chi connectivity index (χ3v) is 6.45. The summed E-state index contributed by atoms with van der Waals surface area (Å²) in [4.78, 5) is 24.6. The van der Waals surface area contributed by atoms with E-state index in [2.05, 4.69) is 0 Å². The van der Waals surface area contributed by atoms with Crippen LogP contribution in [0.3, 0.4) is 0 Å². The molecule has 0 aliphatic heterocycles. The Labute approximate surface area is 149 Å². The molecular weight excluding hydrogens is 312 g/mol. The van der Waals surface area contributed by atoms with Gasteiger partial charge in [0.2, 0.25) is 0 Å². The number of benzene rings is 1. The third-order valence-electron chi connectivity index (χ3n) is 6.45. The Bertz CT molecular complexity index is 707. The fraction of sp³-hybridized carbons (Fsp3) is 0.545.